The fourth-order valence-corrected chi connectivity index (χ4v) is 1.70. The van der Waals surface area contributed by atoms with E-state index in [-0.39, 0.29) is 29.9 Å². The number of allylic oxidation sites excluding steroid dienone is 1. The number of unbranched alkanes of at least 4 members (excludes halogenated alkanes) is 1. The van der Waals surface area contributed by atoms with Crippen LogP contribution in [0, 0.1) is 5.92 Å². The normalized spacial score (nSPS) is 11.8. The third kappa shape index (κ3) is 14.5. The Morgan fingerprint density at radius 3 is 2.03 bits per heavy atom. The summed E-state index contributed by atoms with van der Waals surface area (Å²) in [6.45, 7) is 9.88. The molecule has 0 aliphatic carbocycles. The molecule has 0 aromatic rings. The van der Waals surface area contributed by atoms with Gasteiger partial charge in [0, 0.05) is 23.1 Å². The van der Waals surface area contributed by atoms with E-state index < -0.39 is 29.8 Å². The van der Waals surface area contributed by atoms with Gasteiger partial charge in [-0.2, -0.15) is 0 Å². The van der Waals surface area contributed by atoms with E-state index in [1.54, 1.807) is 6.92 Å². The molecule has 0 aliphatic rings. The zero-order valence-corrected chi connectivity index (χ0v) is 16.6. The Labute approximate surface area is 169 Å². The van der Waals surface area contributed by atoms with Crippen LogP contribution in [-0.4, -0.2) is 57.5 Å². The number of carboxylic acid groups (broad SMARTS) is 3. The smallest absolute Gasteiger partial charge is 0.337 e. The number of hydrogen-bond donors (Lipinski definition) is 4. The van der Waals surface area contributed by atoms with E-state index in [2.05, 4.69) is 17.9 Å². The summed E-state index contributed by atoms with van der Waals surface area (Å²) in [5, 5.41) is 34.1. The van der Waals surface area contributed by atoms with Gasteiger partial charge >= 0.3 is 23.9 Å². The number of aliphatic hydroxyl groups excluding tert-OH is 1. The molecule has 162 valence electrons. The van der Waals surface area contributed by atoms with Crippen LogP contribution in [0.2, 0.25) is 0 Å². The minimum atomic E-state index is -1.17. The lowest BCUT2D eigenvalue weighted by Crippen LogP contribution is -2.09. The topological polar surface area (TPSA) is 158 Å². The molecular formula is C20H28O9. The average molecular weight is 412 g/mol. The van der Waals surface area contributed by atoms with Crippen molar-refractivity contribution in [2.75, 3.05) is 13.2 Å². The molecule has 9 nitrogen and oxygen atoms in total. The quantitative estimate of drug-likeness (QED) is 0.214. The van der Waals surface area contributed by atoms with Crippen LogP contribution >= 0.6 is 0 Å². The Balaban J connectivity index is 0. The number of carboxylic acids is 3. The van der Waals surface area contributed by atoms with Crippen LogP contribution in [0.1, 0.15) is 33.1 Å². The van der Waals surface area contributed by atoms with Gasteiger partial charge in [-0.1, -0.05) is 39.5 Å². The number of carbonyl (C=O) groups excluding carboxylic acids is 1. The number of aliphatic carboxylic acids is 3. The first-order valence-corrected chi connectivity index (χ1v) is 8.71. The Hall–Kier alpha value is -3.20. The third-order valence-corrected chi connectivity index (χ3v) is 3.36. The molecule has 4 N–H and O–H groups in total. The lowest BCUT2D eigenvalue weighted by Gasteiger charge is -2.08. The van der Waals surface area contributed by atoms with Crippen molar-refractivity contribution in [3.63, 3.8) is 0 Å². The van der Waals surface area contributed by atoms with Gasteiger partial charge in [0.25, 0.3) is 0 Å². The first-order valence-electron chi connectivity index (χ1n) is 8.71. The van der Waals surface area contributed by atoms with Crippen LogP contribution < -0.4 is 0 Å². The second-order valence-corrected chi connectivity index (χ2v) is 5.78. The van der Waals surface area contributed by atoms with Crippen LogP contribution in [-0.2, 0) is 23.9 Å². The van der Waals surface area contributed by atoms with Crippen molar-refractivity contribution < 1.29 is 44.3 Å². The summed E-state index contributed by atoms with van der Waals surface area (Å²) in [4.78, 5) is 42.4. The summed E-state index contributed by atoms with van der Waals surface area (Å²) < 4.78 is 4.45. The molecule has 0 aliphatic heterocycles. The molecule has 1 atom stereocenters. The van der Waals surface area contributed by atoms with E-state index in [0.29, 0.717) is 6.42 Å². The van der Waals surface area contributed by atoms with E-state index >= 15 is 0 Å². The molecule has 0 spiro atoms. The molecule has 0 heterocycles. The lowest BCUT2D eigenvalue weighted by atomic mass is 9.97. The number of carbonyl (C=O) groups is 4. The Bertz CT molecular complexity index is 671. The molecular weight excluding hydrogens is 384 g/mol. The molecule has 0 aromatic heterocycles. The van der Waals surface area contributed by atoms with Crippen LogP contribution in [0.5, 0.6) is 0 Å². The summed E-state index contributed by atoms with van der Waals surface area (Å²) in [5.41, 5.74) is 0.197. The number of rotatable bonds is 12. The van der Waals surface area contributed by atoms with E-state index in [1.165, 1.54) is 6.08 Å². The van der Waals surface area contributed by atoms with E-state index in [1.807, 2.05) is 6.92 Å². The maximum Gasteiger partial charge on any atom is 0.337 e. The highest BCUT2D eigenvalue weighted by Crippen LogP contribution is 2.16. The van der Waals surface area contributed by atoms with Crippen molar-refractivity contribution in [2.24, 2.45) is 5.92 Å². The first-order chi connectivity index (χ1) is 13.5. The van der Waals surface area contributed by atoms with Crippen LogP contribution in [0.3, 0.4) is 0 Å². The summed E-state index contributed by atoms with van der Waals surface area (Å²) in [7, 11) is 0. The number of esters is 1. The molecule has 0 radical (unpaired) electrons. The van der Waals surface area contributed by atoms with Gasteiger partial charge in [-0.3, -0.25) is 0 Å². The molecule has 1 unspecified atom stereocenters. The van der Waals surface area contributed by atoms with Gasteiger partial charge < -0.3 is 25.2 Å². The van der Waals surface area contributed by atoms with Crippen molar-refractivity contribution >= 4 is 23.9 Å². The fraction of sp³-hybridized carbons (Fsp3) is 0.400. The van der Waals surface area contributed by atoms with Crippen molar-refractivity contribution in [2.45, 2.75) is 33.1 Å². The SMILES string of the molecule is C=C(C(=O)O)C(C)C=C(CCCC)C(=O)O.C=C(C=CC(=O)O)C(=O)OCCO. The highest BCUT2D eigenvalue weighted by Gasteiger charge is 2.14. The molecule has 0 saturated heterocycles. The molecule has 29 heavy (non-hydrogen) atoms. The number of ether oxygens (including phenoxy) is 1. The summed E-state index contributed by atoms with van der Waals surface area (Å²) in [6.07, 6.45) is 5.42. The lowest BCUT2D eigenvalue weighted by molar-refractivity contribution is -0.139. The zero-order valence-electron chi connectivity index (χ0n) is 16.6. The van der Waals surface area contributed by atoms with Gasteiger partial charge in [-0.15, -0.1) is 0 Å². The second kappa shape index (κ2) is 15.8. The molecule has 0 fully saturated rings. The van der Waals surface area contributed by atoms with Crippen LogP contribution in [0.25, 0.3) is 0 Å². The number of aliphatic hydroxyl groups is 1. The predicted molar refractivity (Wildman–Crippen MR) is 105 cm³/mol. The average Bonchev–Trinajstić information content (AvgIpc) is 2.66. The molecule has 0 rings (SSSR count). The maximum absolute atomic E-state index is 10.9. The summed E-state index contributed by atoms with van der Waals surface area (Å²) >= 11 is 0. The van der Waals surface area contributed by atoms with E-state index in [0.717, 1.165) is 25.0 Å². The van der Waals surface area contributed by atoms with Gasteiger partial charge in [0.2, 0.25) is 0 Å². The molecule has 0 bridgehead atoms. The van der Waals surface area contributed by atoms with Crippen molar-refractivity contribution in [3.05, 3.63) is 48.1 Å². The highest BCUT2D eigenvalue weighted by molar-refractivity contribution is 5.93. The van der Waals surface area contributed by atoms with Crippen molar-refractivity contribution in [3.8, 4) is 0 Å². The first kappa shape index (κ1) is 28.0. The summed E-state index contributed by atoms with van der Waals surface area (Å²) in [5.74, 6) is -4.45. The van der Waals surface area contributed by atoms with Gasteiger partial charge in [-0.05, 0) is 18.9 Å². The minimum Gasteiger partial charge on any atom is -0.478 e. The summed E-state index contributed by atoms with van der Waals surface area (Å²) in [6, 6.07) is 0. The predicted octanol–water partition coefficient (Wildman–Crippen LogP) is 2.18. The van der Waals surface area contributed by atoms with E-state index in [9.17, 15) is 19.2 Å². The largest absolute Gasteiger partial charge is 0.478 e. The fourth-order valence-electron chi connectivity index (χ4n) is 1.70. The van der Waals surface area contributed by atoms with Crippen LogP contribution in [0.4, 0.5) is 0 Å². The standard InChI is InChI=1S/C12H18O4.C8H10O5/c1-4-5-6-10(12(15)16)7-8(2)9(3)11(13)14;1-6(2-3-7(10)11)8(12)13-5-4-9/h7-8H,3-6H2,1-2H3,(H,13,14)(H,15,16);2-3,9H,1,4-5H2,(H,10,11). The van der Waals surface area contributed by atoms with Gasteiger partial charge in [0.1, 0.15) is 6.61 Å². The maximum atomic E-state index is 10.9. The highest BCUT2D eigenvalue weighted by atomic mass is 16.5. The molecule has 0 aromatic carbocycles. The monoisotopic (exact) mass is 412 g/mol. The van der Waals surface area contributed by atoms with Gasteiger partial charge in [-0.25, -0.2) is 19.2 Å². The number of hydrogen-bond acceptors (Lipinski definition) is 6. The second-order valence-electron chi connectivity index (χ2n) is 5.78. The van der Waals surface area contributed by atoms with Crippen molar-refractivity contribution in [1.82, 2.24) is 0 Å². The van der Waals surface area contributed by atoms with Gasteiger partial charge in [0.15, 0.2) is 0 Å². The van der Waals surface area contributed by atoms with Crippen molar-refractivity contribution in [1.29, 1.82) is 0 Å². The molecule has 0 saturated carbocycles. The third-order valence-electron chi connectivity index (χ3n) is 3.36. The molecule has 0 amide bonds. The van der Waals surface area contributed by atoms with Gasteiger partial charge in [0.05, 0.1) is 12.2 Å². The Morgan fingerprint density at radius 2 is 1.62 bits per heavy atom. The Kier molecular flexibility index (Phi) is 15.3. The minimum absolute atomic E-state index is 0.00949. The zero-order chi connectivity index (χ0) is 23.0. The van der Waals surface area contributed by atoms with E-state index in [4.69, 9.17) is 20.4 Å². The molecule has 9 heteroatoms. The van der Waals surface area contributed by atoms with Crippen LogP contribution in [0.15, 0.2) is 48.1 Å². The Morgan fingerprint density at radius 1 is 1.03 bits per heavy atom.